The molecule has 0 saturated carbocycles. The number of hydrogen-bond acceptors (Lipinski definition) is 8. The molecule has 9 nitrogen and oxygen atoms in total. The molecule has 16 heavy (non-hydrogen) atoms. The SMILES string of the molecule is COc1nc(OC)nc(-n2cnc(N)n2)n1. The van der Waals surface area contributed by atoms with Crippen molar-refractivity contribution in [1.29, 1.82) is 0 Å². The Morgan fingerprint density at radius 3 is 2.19 bits per heavy atom. The fourth-order valence-electron chi connectivity index (χ4n) is 0.985. The molecule has 84 valence electrons. The zero-order chi connectivity index (χ0) is 11.5. The molecule has 0 aliphatic rings. The molecule has 0 aromatic carbocycles. The van der Waals surface area contributed by atoms with Gasteiger partial charge in [-0.05, 0) is 0 Å². The van der Waals surface area contributed by atoms with Crippen molar-refractivity contribution in [3.63, 3.8) is 0 Å². The fourth-order valence-corrected chi connectivity index (χ4v) is 0.985. The number of nitrogens with two attached hydrogens (primary N) is 1. The summed E-state index contributed by atoms with van der Waals surface area (Å²) in [6, 6.07) is 0.242. The number of anilines is 1. The van der Waals surface area contributed by atoms with Gasteiger partial charge in [0.05, 0.1) is 14.2 Å². The van der Waals surface area contributed by atoms with Gasteiger partial charge in [0.15, 0.2) is 0 Å². The lowest BCUT2D eigenvalue weighted by Gasteiger charge is -2.03. The lowest BCUT2D eigenvalue weighted by atomic mass is 10.8. The number of ether oxygens (including phenoxy) is 2. The van der Waals surface area contributed by atoms with Crippen molar-refractivity contribution in [3.05, 3.63) is 6.33 Å². The van der Waals surface area contributed by atoms with Gasteiger partial charge >= 0.3 is 12.0 Å². The normalized spacial score (nSPS) is 10.1. The largest absolute Gasteiger partial charge is 0.467 e. The van der Waals surface area contributed by atoms with Crippen LogP contribution in [-0.2, 0) is 0 Å². The van der Waals surface area contributed by atoms with E-state index in [4.69, 9.17) is 15.2 Å². The molecule has 0 spiro atoms. The Labute approximate surface area is 90.3 Å². The monoisotopic (exact) mass is 223 g/mol. The first kappa shape index (κ1) is 10.1. The van der Waals surface area contributed by atoms with E-state index in [0.717, 1.165) is 0 Å². The molecular formula is C7H9N7O2. The minimum Gasteiger partial charge on any atom is -0.467 e. The van der Waals surface area contributed by atoms with Crippen molar-refractivity contribution in [1.82, 2.24) is 29.7 Å². The van der Waals surface area contributed by atoms with Crippen molar-refractivity contribution in [3.8, 4) is 18.0 Å². The third-order valence-corrected chi connectivity index (χ3v) is 1.66. The third kappa shape index (κ3) is 1.82. The van der Waals surface area contributed by atoms with E-state index in [2.05, 4.69) is 25.0 Å². The predicted octanol–water partition coefficient (Wildman–Crippen LogP) is -0.948. The Morgan fingerprint density at radius 1 is 1.12 bits per heavy atom. The molecule has 0 unspecified atom stereocenters. The zero-order valence-corrected chi connectivity index (χ0v) is 8.65. The van der Waals surface area contributed by atoms with E-state index in [1.54, 1.807) is 0 Å². The van der Waals surface area contributed by atoms with Crippen LogP contribution in [0.4, 0.5) is 5.95 Å². The van der Waals surface area contributed by atoms with Crippen LogP contribution in [0, 0.1) is 0 Å². The molecule has 2 aromatic heterocycles. The summed E-state index contributed by atoms with van der Waals surface area (Å²) < 4.78 is 11.1. The summed E-state index contributed by atoms with van der Waals surface area (Å²) in [5, 5.41) is 3.85. The fraction of sp³-hybridized carbons (Fsp3) is 0.286. The first-order valence-corrected chi connectivity index (χ1v) is 4.24. The first-order valence-electron chi connectivity index (χ1n) is 4.24. The number of hydrogen-bond donors (Lipinski definition) is 1. The van der Waals surface area contributed by atoms with E-state index in [9.17, 15) is 0 Å². The van der Waals surface area contributed by atoms with Crippen LogP contribution >= 0.6 is 0 Å². The lowest BCUT2D eigenvalue weighted by molar-refractivity contribution is 0.338. The van der Waals surface area contributed by atoms with Crippen LogP contribution in [-0.4, -0.2) is 43.9 Å². The van der Waals surface area contributed by atoms with Gasteiger partial charge < -0.3 is 15.2 Å². The Bertz CT molecular complexity index is 475. The third-order valence-electron chi connectivity index (χ3n) is 1.66. The van der Waals surface area contributed by atoms with E-state index in [1.807, 2.05) is 0 Å². The number of nitrogen functional groups attached to an aromatic ring is 1. The average molecular weight is 223 g/mol. The molecule has 0 amide bonds. The highest BCUT2D eigenvalue weighted by molar-refractivity contribution is 5.19. The van der Waals surface area contributed by atoms with E-state index in [1.165, 1.54) is 25.2 Å². The molecule has 2 N–H and O–H groups in total. The van der Waals surface area contributed by atoms with E-state index < -0.39 is 0 Å². The molecule has 0 bridgehead atoms. The molecule has 0 atom stereocenters. The molecule has 0 radical (unpaired) electrons. The van der Waals surface area contributed by atoms with Crippen LogP contribution in [0.15, 0.2) is 6.33 Å². The van der Waals surface area contributed by atoms with Crippen molar-refractivity contribution in [2.45, 2.75) is 0 Å². The molecule has 0 aliphatic carbocycles. The van der Waals surface area contributed by atoms with Gasteiger partial charge in [-0.1, -0.05) is 0 Å². The molecular weight excluding hydrogens is 214 g/mol. The van der Waals surface area contributed by atoms with E-state index in [-0.39, 0.29) is 23.9 Å². The minimum absolute atomic E-state index is 0.121. The molecule has 2 aromatic rings. The van der Waals surface area contributed by atoms with Crippen molar-refractivity contribution in [2.75, 3.05) is 20.0 Å². The van der Waals surface area contributed by atoms with Crippen molar-refractivity contribution in [2.24, 2.45) is 0 Å². The Morgan fingerprint density at radius 2 is 1.75 bits per heavy atom. The summed E-state index contributed by atoms with van der Waals surface area (Å²) in [4.78, 5) is 15.5. The van der Waals surface area contributed by atoms with E-state index in [0.29, 0.717) is 0 Å². The maximum Gasteiger partial charge on any atom is 0.324 e. The van der Waals surface area contributed by atoms with Crippen molar-refractivity contribution >= 4 is 5.95 Å². The Kier molecular flexibility index (Phi) is 2.50. The molecule has 0 aliphatic heterocycles. The number of nitrogens with zero attached hydrogens (tertiary/aromatic N) is 6. The molecule has 2 heterocycles. The number of rotatable bonds is 3. The van der Waals surface area contributed by atoms with Crippen LogP contribution in [0.5, 0.6) is 12.0 Å². The maximum atomic E-state index is 5.38. The highest BCUT2D eigenvalue weighted by Gasteiger charge is 2.09. The van der Waals surface area contributed by atoms with Gasteiger partial charge in [0, 0.05) is 0 Å². The Hall–Kier alpha value is -2.45. The summed E-state index contributed by atoms with van der Waals surface area (Å²) in [5.74, 6) is 0.339. The van der Waals surface area contributed by atoms with Gasteiger partial charge in [-0.3, -0.25) is 0 Å². The second-order valence-electron chi connectivity index (χ2n) is 2.66. The van der Waals surface area contributed by atoms with Crippen molar-refractivity contribution < 1.29 is 9.47 Å². The first-order chi connectivity index (χ1) is 7.72. The van der Waals surface area contributed by atoms with Gasteiger partial charge in [-0.25, -0.2) is 4.98 Å². The molecule has 0 saturated heterocycles. The van der Waals surface area contributed by atoms with E-state index >= 15 is 0 Å². The molecule has 2 rings (SSSR count). The van der Waals surface area contributed by atoms with Crippen LogP contribution in [0.25, 0.3) is 5.95 Å². The standard InChI is InChI=1S/C7H9N7O2/c1-15-6-10-5(11-7(12-6)16-2)14-3-9-4(8)13-14/h3H,1-2H3,(H2,8,13). The van der Waals surface area contributed by atoms with Gasteiger partial charge in [-0.15, -0.1) is 10.1 Å². The summed E-state index contributed by atoms with van der Waals surface area (Å²) in [7, 11) is 2.88. The summed E-state index contributed by atoms with van der Waals surface area (Å²) in [6.07, 6.45) is 1.38. The number of aromatic nitrogens is 6. The predicted molar refractivity (Wildman–Crippen MR) is 52.3 cm³/mol. The smallest absolute Gasteiger partial charge is 0.324 e. The lowest BCUT2D eigenvalue weighted by Crippen LogP contribution is -2.07. The van der Waals surface area contributed by atoms with Gasteiger partial charge in [0.1, 0.15) is 6.33 Å². The molecule has 9 heteroatoms. The van der Waals surface area contributed by atoms with Crippen LogP contribution in [0.2, 0.25) is 0 Å². The quantitative estimate of drug-likeness (QED) is 0.708. The maximum absolute atomic E-state index is 5.38. The molecule has 0 fully saturated rings. The van der Waals surface area contributed by atoms with Gasteiger partial charge in [0.25, 0.3) is 5.95 Å². The topological polar surface area (TPSA) is 114 Å². The Balaban J connectivity index is 2.47. The zero-order valence-electron chi connectivity index (χ0n) is 8.65. The minimum atomic E-state index is 0.121. The summed E-state index contributed by atoms with van der Waals surface area (Å²) >= 11 is 0. The van der Waals surface area contributed by atoms with Gasteiger partial charge in [0.2, 0.25) is 5.95 Å². The second-order valence-corrected chi connectivity index (χ2v) is 2.66. The van der Waals surface area contributed by atoms with Crippen LogP contribution < -0.4 is 15.2 Å². The second kappa shape index (κ2) is 3.96. The highest BCUT2D eigenvalue weighted by atomic mass is 16.5. The van der Waals surface area contributed by atoms with Crippen LogP contribution in [0.1, 0.15) is 0 Å². The van der Waals surface area contributed by atoms with Crippen LogP contribution in [0.3, 0.4) is 0 Å². The summed E-state index contributed by atoms with van der Waals surface area (Å²) in [5.41, 5.74) is 5.38. The number of methoxy groups -OCH3 is 2. The highest BCUT2D eigenvalue weighted by Crippen LogP contribution is 2.11. The summed E-state index contributed by atoms with van der Waals surface area (Å²) in [6.45, 7) is 0. The average Bonchev–Trinajstić information content (AvgIpc) is 2.75. The van der Waals surface area contributed by atoms with Gasteiger partial charge in [-0.2, -0.15) is 14.6 Å².